The van der Waals surface area contributed by atoms with E-state index in [1.54, 1.807) is 22.3 Å². The smallest absolute Gasteiger partial charge is 0.249 e. The number of benzene rings is 3. The van der Waals surface area contributed by atoms with Crippen LogP contribution in [0.3, 0.4) is 0 Å². The molecule has 0 unspecified atom stereocenters. The average molecular weight is 397 g/mol. The minimum absolute atomic E-state index is 0.259. The zero-order valence-corrected chi connectivity index (χ0v) is 16.2. The van der Waals surface area contributed by atoms with Crippen molar-refractivity contribution in [2.24, 2.45) is 0 Å². The number of nitrogen functional groups attached to an aromatic ring is 1. The monoisotopic (exact) mass is 397 g/mol. The van der Waals surface area contributed by atoms with E-state index < -0.39 is 0 Å². The van der Waals surface area contributed by atoms with Crippen LogP contribution < -0.4 is 11.1 Å². The third kappa shape index (κ3) is 3.70. The maximum absolute atomic E-state index is 9.09. The summed E-state index contributed by atoms with van der Waals surface area (Å²) < 4.78 is 1.55. The third-order valence-corrected chi connectivity index (χ3v) is 5.35. The Labute approximate surface area is 171 Å². The van der Waals surface area contributed by atoms with Crippen LogP contribution in [0.15, 0.2) is 59.5 Å². The Morgan fingerprint density at radius 2 is 1.79 bits per heavy atom. The quantitative estimate of drug-likeness (QED) is 0.525. The molecule has 3 aromatic carbocycles. The predicted molar refractivity (Wildman–Crippen MR) is 114 cm³/mol. The van der Waals surface area contributed by atoms with E-state index in [0.717, 1.165) is 26.9 Å². The molecule has 1 heterocycles. The molecular formula is C21H15N7S. The number of nitrogens with zero attached hydrogens (tertiary/aromatic N) is 5. The molecule has 29 heavy (non-hydrogen) atoms. The van der Waals surface area contributed by atoms with Gasteiger partial charge in [0.05, 0.1) is 23.3 Å². The summed E-state index contributed by atoms with van der Waals surface area (Å²) in [7, 11) is 0. The summed E-state index contributed by atoms with van der Waals surface area (Å²) in [5, 5.41) is 27.6. The van der Waals surface area contributed by atoms with Crippen LogP contribution >= 0.6 is 11.9 Å². The van der Waals surface area contributed by atoms with Gasteiger partial charge in [-0.1, -0.05) is 18.2 Å². The second kappa shape index (κ2) is 7.55. The van der Waals surface area contributed by atoms with E-state index in [4.69, 9.17) is 16.3 Å². The molecule has 7 nitrogen and oxygen atoms in total. The van der Waals surface area contributed by atoms with E-state index >= 15 is 0 Å². The summed E-state index contributed by atoms with van der Waals surface area (Å²) in [6, 6.07) is 21.0. The lowest BCUT2D eigenvalue weighted by Gasteiger charge is -2.07. The second-order valence-corrected chi connectivity index (χ2v) is 7.30. The number of nitrogens with two attached hydrogens (primary N) is 1. The molecule has 0 aliphatic rings. The lowest BCUT2D eigenvalue weighted by Crippen LogP contribution is -1.98. The summed E-state index contributed by atoms with van der Waals surface area (Å²) in [5.74, 6) is 0.629. The molecular weight excluding hydrogens is 382 g/mol. The predicted octanol–water partition coefficient (Wildman–Crippen LogP) is 4.36. The summed E-state index contributed by atoms with van der Waals surface area (Å²) in [4.78, 5) is 5.23. The van der Waals surface area contributed by atoms with Gasteiger partial charge in [-0.2, -0.15) is 19.6 Å². The van der Waals surface area contributed by atoms with E-state index in [1.807, 2.05) is 43.3 Å². The normalized spacial score (nSPS) is 10.4. The lowest BCUT2D eigenvalue weighted by atomic mass is 10.1. The summed E-state index contributed by atoms with van der Waals surface area (Å²) >= 11 is 1.35. The molecule has 0 bridgehead atoms. The summed E-state index contributed by atoms with van der Waals surface area (Å²) in [5.41, 5.74) is 8.99. The van der Waals surface area contributed by atoms with Gasteiger partial charge in [-0.25, -0.2) is 0 Å². The molecule has 140 valence electrons. The highest BCUT2D eigenvalue weighted by atomic mass is 32.2. The standard InChI is InChI=1S/C21H15N7S/c1-13-9-14(11-22)6-8-18(13)25-21-26-20(24)28(27-21)29-19-4-2-3-16-10-15(12-23)5-7-17(16)19/h2-10H,1H3,(H3,24,25,26,27). The van der Waals surface area contributed by atoms with Crippen LogP contribution in [-0.4, -0.2) is 14.2 Å². The number of aromatic nitrogens is 3. The molecule has 0 fully saturated rings. The number of aryl methyl sites for hydroxylation is 1. The van der Waals surface area contributed by atoms with E-state index in [-0.39, 0.29) is 5.95 Å². The van der Waals surface area contributed by atoms with Gasteiger partial charge >= 0.3 is 0 Å². The first-order valence-corrected chi connectivity index (χ1v) is 9.46. The van der Waals surface area contributed by atoms with Crippen molar-refractivity contribution in [3.63, 3.8) is 0 Å². The van der Waals surface area contributed by atoms with E-state index in [2.05, 4.69) is 27.5 Å². The second-order valence-electron chi connectivity index (χ2n) is 6.33. The molecule has 0 saturated heterocycles. The molecule has 1 aromatic heterocycles. The van der Waals surface area contributed by atoms with Gasteiger partial charge in [0.15, 0.2) is 0 Å². The number of anilines is 3. The van der Waals surface area contributed by atoms with Crippen molar-refractivity contribution in [3.05, 3.63) is 71.3 Å². The van der Waals surface area contributed by atoms with Crippen LogP contribution in [-0.2, 0) is 0 Å². The van der Waals surface area contributed by atoms with Gasteiger partial charge in [0.1, 0.15) is 0 Å². The lowest BCUT2D eigenvalue weighted by molar-refractivity contribution is 1.02. The van der Waals surface area contributed by atoms with Crippen molar-refractivity contribution in [1.82, 2.24) is 14.2 Å². The molecule has 0 amide bonds. The third-order valence-electron chi connectivity index (χ3n) is 4.36. The zero-order chi connectivity index (χ0) is 20.4. The van der Waals surface area contributed by atoms with E-state index in [9.17, 15) is 0 Å². The Bertz CT molecular complexity index is 1310. The maximum atomic E-state index is 9.09. The number of rotatable bonds is 4. The van der Waals surface area contributed by atoms with E-state index in [0.29, 0.717) is 17.1 Å². The zero-order valence-electron chi connectivity index (χ0n) is 15.4. The molecule has 4 aromatic rings. The molecule has 0 radical (unpaired) electrons. The highest BCUT2D eigenvalue weighted by Gasteiger charge is 2.12. The number of nitrogens with one attached hydrogen (secondary N) is 1. The van der Waals surface area contributed by atoms with Gasteiger partial charge in [-0.15, -0.1) is 5.10 Å². The van der Waals surface area contributed by atoms with Crippen LogP contribution in [0.5, 0.6) is 0 Å². The van der Waals surface area contributed by atoms with Crippen molar-refractivity contribution in [1.29, 1.82) is 10.5 Å². The molecule has 0 spiro atoms. The van der Waals surface area contributed by atoms with Gasteiger partial charge < -0.3 is 11.1 Å². The van der Waals surface area contributed by atoms with Crippen molar-refractivity contribution in [2.45, 2.75) is 11.8 Å². The molecule has 0 saturated carbocycles. The fourth-order valence-electron chi connectivity index (χ4n) is 2.92. The largest absolute Gasteiger partial charge is 0.367 e. The van der Waals surface area contributed by atoms with Crippen molar-refractivity contribution >= 4 is 40.3 Å². The number of hydrogen-bond donors (Lipinski definition) is 2. The Balaban J connectivity index is 1.62. The van der Waals surface area contributed by atoms with Gasteiger partial charge in [-0.05, 0) is 59.7 Å². The fraction of sp³-hybridized carbons (Fsp3) is 0.0476. The molecule has 0 aliphatic heterocycles. The molecule has 0 aliphatic carbocycles. The van der Waals surface area contributed by atoms with Crippen LogP contribution in [0.1, 0.15) is 16.7 Å². The Morgan fingerprint density at radius 3 is 2.55 bits per heavy atom. The Morgan fingerprint density at radius 1 is 1.03 bits per heavy atom. The average Bonchev–Trinajstić information content (AvgIpc) is 3.08. The van der Waals surface area contributed by atoms with Crippen LogP contribution in [0.25, 0.3) is 10.8 Å². The Kier molecular flexibility index (Phi) is 4.78. The van der Waals surface area contributed by atoms with Gasteiger partial charge in [0, 0.05) is 22.5 Å². The molecule has 4 rings (SSSR count). The van der Waals surface area contributed by atoms with Crippen molar-refractivity contribution in [2.75, 3.05) is 11.1 Å². The van der Waals surface area contributed by atoms with Gasteiger partial charge in [0.2, 0.25) is 11.9 Å². The maximum Gasteiger partial charge on any atom is 0.249 e. The SMILES string of the molecule is Cc1cc(C#N)ccc1Nc1nc(N)n(Sc2cccc3cc(C#N)ccc23)n1. The minimum atomic E-state index is 0.259. The van der Waals surface area contributed by atoms with Gasteiger partial charge in [0.25, 0.3) is 0 Å². The van der Waals surface area contributed by atoms with Crippen LogP contribution in [0.2, 0.25) is 0 Å². The van der Waals surface area contributed by atoms with E-state index in [1.165, 1.54) is 11.9 Å². The topological polar surface area (TPSA) is 116 Å². The number of nitriles is 2. The van der Waals surface area contributed by atoms with Crippen LogP contribution in [0.4, 0.5) is 17.6 Å². The first-order valence-electron chi connectivity index (χ1n) is 8.69. The molecule has 8 heteroatoms. The highest BCUT2D eigenvalue weighted by Crippen LogP contribution is 2.31. The van der Waals surface area contributed by atoms with Gasteiger partial charge in [-0.3, -0.25) is 0 Å². The number of fused-ring (bicyclic) bond motifs is 1. The van der Waals surface area contributed by atoms with Crippen molar-refractivity contribution < 1.29 is 0 Å². The summed E-state index contributed by atoms with van der Waals surface area (Å²) in [6.45, 7) is 1.91. The molecule has 0 atom stereocenters. The highest BCUT2D eigenvalue weighted by molar-refractivity contribution is 7.98. The fourth-order valence-corrected chi connectivity index (χ4v) is 3.78. The number of hydrogen-bond acceptors (Lipinski definition) is 7. The van der Waals surface area contributed by atoms with Crippen molar-refractivity contribution in [3.8, 4) is 12.1 Å². The van der Waals surface area contributed by atoms with Crippen LogP contribution in [0, 0.1) is 29.6 Å². The summed E-state index contributed by atoms with van der Waals surface area (Å²) in [6.07, 6.45) is 0. The first kappa shape index (κ1) is 18.4. The minimum Gasteiger partial charge on any atom is -0.367 e. The Hall–Kier alpha value is -4.01. The molecule has 3 N–H and O–H groups in total. The first-order chi connectivity index (χ1) is 14.1.